The van der Waals surface area contributed by atoms with E-state index in [1.54, 1.807) is 6.07 Å². The van der Waals surface area contributed by atoms with Gasteiger partial charge >= 0.3 is 0 Å². The summed E-state index contributed by atoms with van der Waals surface area (Å²) >= 11 is 0. The van der Waals surface area contributed by atoms with E-state index in [2.05, 4.69) is 41.0 Å². The molecule has 0 saturated heterocycles. The lowest BCUT2D eigenvalue weighted by atomic mass is 9.90. The first-order chi connectivity index (χ1) is 41.5. The highest BCUT2D eigenvalue weighted by Crippen LogP contribution is 2.47. The number of aromatic nitrogens is 7. The molecule has 0 N–H and O–H groups in total. The van der Waals surface area contributed by atoms with Crippen molar-refractivity contribution in [3.63, 3.8) is 0 Å². The Bertz CT molecular complexity index is 4490. The van der Waals surface area contributed by atoms with Gasteiger partial charge in [-0.1, -0.05) is 218 Å². The maximum atomic E-state index is 16.0. The predicted octanol–water partition coefficient (Wildman–Crippen LogP) is 17.0. The third kappa shape index (κ3) is 8.78. The van der Waals surface area contributed by atoms with Crippen molar-refractivity contribution in [1.29, 1.82) is 0 Å². The number of imide groups is 1. The average Bonchev–Trinajstić information content (AvgIpc) is 2.22. The van der Waals surface area contributed by atoms with Crippen LogP contribution in [0.1, 0.15) is 20.7 Å². The number of fused-ring (bicyclic) bond motifs is 4. The summed E-state index contributed by atoms with van der Waals surface area (Å²) in [6.07, 6.45) is 0. The molecule has 0 atom stereocenters. The maximum absolute atomic E-state index is 16.0. The van der Waals surface area contributed by atoms with Crippen molar-refractivity contribution in [1.82, 2.24) is 34.5 Å². The molecule has 4 heterocycles. The largest absolute Gasteiger partial charge is 0.308 e. The molecule has 394 valence electrons. The molecule has 11 aromatic carbocycles. The standard InChI is InChI=1S/C74H46N8O2/c83-73-57-37-22-38-64(65(57)74(84)82(73)66-58(48-25-10-2-11-26-48)45-56(47-23-8-1-9-24-47)46-59(66)49-27-12-3-13-28-49)81-62-41-39-54(71-77-67(50-29-14-4-15-30-50)75-68(78-71)51-31-16-5-17-32-51)43-60(62)61-44-55(40-42-63(61)81)72-79-69(52-33-18-6-19-34-52)76-70(80-72)53-35-20-7-21-36-53/h1-46H. The summed E-state index contributed by atoms with van der Waals surface area (Å²) < 4.78 is 2.09. The van der Waals surface area contributed by atoms with Crippen LogP contribution in [0.2, 0.25) is 0 Å². The van der Waals surface area contributed by atoms with Gasteiger partial charge in [-0.15, -0.1) is 0 Å². The van der Waals surface area contributed by atoms with Gasteiger partial charge in [-0.3, -0.25) is 9.59 Å². The molecular formula is C74H46N8O2. The molecule has 1 aliphatic heterocycles. The number of amides is 2. The lowest BCUT2D eigenvalue weighted by Gasteiger charge is -2.24. The molecule has 0 spiro atoms. The van der Waals surface area contributed by atoms with Crippen LogP contribution in [0.3, 0.4) is 0 Å². The smallest absolute Gasteiger partial charge is 0.268 e. The van der Waals surface area contributed by atoms with Gasteiger partial charge in [-0.2, -0.15) is 0 Å². The summed E-state index contributed by atoms with van der Waals surface area (Å²) in [5.41, 5.74) is 13.3. The van der Waals surface area contributed by atoms with Gasteiger partial charge in [0, 0.05) is 55.3 Å². The number of rotatable bonds is 11. The average molecular weight is 1080 g/mol. The molecule has 0 fully saturated rings. The van der Waals surface area contributed by atoms with Crippen LogP contribution in [0.25, 0.3) is 129 Å². The normalized spacial score (nSPS) is 12.1. The summed E-state index contributed by atoms with van der Waals surface area (Å²) in [5, 5.41) is 1.68. The van der Waals surface area contributed by atoms with E-state index in [9.17, 15) is 0 Å². The van der Waals surface area contributed by atoms with Gasteiger partial charge in [0.1, 0.15) is 0 Å². The minimum Gasteiger partial charge on any atom is -0.308 e. The lowest BCUT2D eigenvalue weighted by molar-refractivity contribution is 0.0926. The molecule has 0 radical (unpaired) electrons. The molecule has 2 amide bonds. The minimum atomic E-state index is -0.435. The fourth-order valence-electron chi connectivity index (χ4n) is 11.4. The summed E-state index contributed by atoms with van der Waals surface area (Å²) in [6, 6.07) is 91.8. The molecule has 84 heavy (non-hydrogen) atoms. The second-order valence-corrected chi connectivity index (χ2v) is 20.5. The van der Waals surface area contributed by atoms with Crippen molar-refractivity contribution < 1.29 is 9.59 Å². The maximum Gasteiger partial charge on any atom is 0.268 e. The monoisotopic (exact) mass is 1080 g/mol. The molecule has 0 unspecified atom stereocenters. The van der Waals surface area contributed by atoms with Gasteiger partial charge in [-0.25, -0.2) is 34.8 Å². The highest BCUT2D eigenvalue weighted by molar-refractivity contribution is 6.37. The van der Waals surface area contributed by atoms with Crippen LogP contribution < -0.4 is 4.90 Å². The minimum absolute atomic E-state index is 0.287. The summed E-state index contributed by atoms with van der Waals surface area (Å²) in [6.45, 7) is 0. The van der Waals surface area contributed by atoms with E-state index in [0.717, 1.165) is 88.6 Å². The van der Waals surface area contributed by atoms with Gasteiger partial charge in [0.15, 0.2) is 34.9 Å². The molecule has 1 aliphatic rings. The van der Waals surface area contributed by atoms with Crippen molar-refractivity contribution in [3.05, 3.63) is 290 Å². The molecule has 10 heteroatoms. The first-order valence-electron chi connectivity index (χ1n) is 27.7. The Hall–Kier alpha value is -11.6. The molecule has 0 bridgehead atoms. The van der Waals surface area contributed by atoms with Crippen LogP contribution in [-0.4, -0.2) is 46.3 Å². The number of nitrogens with zero attached hydrogens (tertiary/aromatic N) is 8. The molecule has 3 aromatic heterocycles. The SMILES string of the molecule is O=C1c2cccc(-n3c4ccc(-c5nc(-c6ccccc6)nc(-c6ccccc6)n5)cc4c4cc(-c5nc(-c6ccccc6)nc(-c6ccccc6)n5)ccc43)c2C(=O)N1c1c(-c2ccccc2)cc(-c2ccccc2)cc1-c1ccccc1. The Morgan fingerprint density at radius 1 is 0.250 bits per heavy atom. The van der Waals surface area contributed by atoms with E-state index < -0.39 is 11.8 Å². The fourth-order valence-corrected chi connectivity index (χ4v) is 11.4. The first-order valence-corrected chi connectivity index (χ1v) is 27.7. The summed E-state index contributed by atoms with van der Waals surface area (Å²) in [5.74, 6) is 2.27. The highest BCUT2D eigenvalue weighted by atomic mass is 16.2. The molecule has 15 rings (SSSR count). The van der Waals surface area contributed by atoms with E-state index in [1.165, 1.54) is 4.90 Å². The van der Waals surface area contributed by atoms with Crippen molar-refractivity contribution in [3.8, 4) is 107 Å². The van der Waals surface area contributed by atoms with E-state index in [1.807, 2.05) is 237 Å². The number of hydrogen-bond acceptors (Lipinski definition) is 8. The van der Waals surface area contributed by atoms with Crippen molar-refractivity contribution in [2.45, 2.75) is 0 Å². The van der Waals surface area contributed by atoms with Crippen LogP contribution in [0.5, 0.6) is 0 Å². The quantitative estimate of drug-likeness (QED) is 0.117. The van der Waals surface area contributed by atoms with Crippen molar-refractivity contribution in [2.75, 3.05) is 4.90 Å². The first kappa shape index (κ1) is 49.4. The second-order valence-electron chi connectivity index (χ2n) is 20.5. The zero-order valence-corrected chi connectivity index (χ0v) is 45.0. The molecule has 0 saturated carbocycles. The van der Waals surface area contributed by atoms with Gasteiger partial charge < -0.3 is 4.57 Å². The Balaban J connectivity index is 0.955. The molecule has 10 nitrogen and oxygen atoms in total. The van der Waals surface area contributed by atoms with Crippen LogP contribution in [0.15, 0.2) is 279 Å². The number of hydrogen-bond donors (Lipinski definition) is 0. The predicted molar refractivity (Wildman–Crippen MR) is 334 cm³/mol. The Kier molecular flexibility index (Phi) is 12.2. The Morgan fingerprint density at radius 2 is 0.583 bits per heavy atom. The van der Waals surface area contributed by atoms with E-state index in [4.69, 9.17) is 29.9 Å². The topological polar surface area (TPSA) is 120 Å². The Labute approximate surface area is 483 Å². The van der Waals surface area contributed by atoms with Crippen molar-refractivity contribution in [2.24, 2.45) is 0 Å². The Morgan fingerprint density at radius 3 is 0.952 bits per heavy atom. The van der Waals surface area contributed by atoms with Gasteiger partial charge in [-0.05, 0) is 82.9 Å². The number of carbonyl (C=O) groups excluding carboxylic acids is 2. The third-order valence-corrected chi connectivity index (χ3v) is 15.4. The second kappa shape index (κ2) is 20.8. The van der Waals surface area contributed by atoms with Gasteiger partial charge in [0.25, 0.3) is 11.8 Å². The fraction of sp³-hybridized carbons (Fsp3) is 0. The zero-order valence-electron chi connectivity index (χ0n) is 45.0. The third-order valence-electron chi connectivity index (χ3n) is 15.4. The van der Waals surface area contributed by atoms with E-state index >= 15 is 9.59 Å². The van der Waals surface area contributed by atoms with Crippen LogP contribution in [0.4, 0.5) is 5.69 Å². The van der Waals surface area contributed by atoms with E-state index in [0.29, 0.717) is 51.9 Å². The number of carbonyl (C=O) groups is 2. The molecule has 14 aromatic rings. The lowest BCUT2D eigenvalue weighted by Crippen LogP contribution is -2.30. The zero-order chi connectivity index (χ0) is 56.1. The van der Waals surface area contributed by atoms with Gasteiger partial charge in [0.2, 0.25) is 0 Å². The summed E-state index contributed by atoms with van der Waals surface area (Å²) in [4.78, 5) is 63.5. The highest BCUT2D eigenvalue weighted by Gasteiger charge is 2.42. The van der Waals surface area contributed by atoms with Crippen molar-refractivity contribution >= 4 is 39.3 Å². The van der Waals surface area contributed by atoms with Gasteiger partial charge in [0.05, 0.1) is 33.5 Å². The molecular weight excluding hydrogens is 1030 g/mol. The van der Waals surface area contributed by atoms with E-state index in [-0.39, 0.29) is 5.56 Å². The van der Waals surface area contributed by atoms with Crippen LogP contribution in [-0.2, 0) is 0 Å². The number of anilines is 1. The van der Waals surface area contributed by atoms with Crippen LogP contribution >= 0.6 is 0 Å². The van der Waals surface area contributed by atoms with Crippen LogP contribution in [0, 0.1) is 0 Å². The number of benzene rings is 11. The molecule has 0 aliphatic carbocycles. The summed E-state index contributed by atoms with van der Waals surface area (Å²) in [7, 11) is 0.